The van der Waals surface area contributed by atoms with Crippen molar-refractivity contribution in [2.45, 2.75) is 65.0 Å². The average Bonchev–Trinajstić information content (AvgIpc) is 2.38. The summed E-state index contributed by atoms with van der Waals surface area (Å²) in [5, 5.41) is 3.51. The normalized spacial score (nSPS) is 30.8. The minimum absolute atomic E-state index is 0.310. The fourth-order valence-corrected chi connectivity index (χ4v) is 3.36. The van der Waals surface area contributed by atoms with E-state index in [4.69, 9.17) is 0 Å². The van der Waals surface area contributed by atoms with E-state index in [0.29, 0.717) is 29.8 Å². The Morgan fingerprint density at radius 2 is 1.89 bits per heavy atom. The molecule has 1 N–H and O–H groups in total. The van der Waals surface area contributed by atoms with Crippen molar-refractivity contribution in [3.8, 4) is 0 Å². The Hall–Kier alpha value is -0.570. The zero-order valence-electron chi connectivity index (χ0n) is 12.1. The molecule has 0 spiro atoms. The van der Waals surface area contributed by atoms with E-state index in [1.54, 1.807) is 0 Å². The second kappa shape index (κ2) is 6.05. The van der Waals surface area contributed by atoms with Crippen molar-refractivity contribution >= 4 is 5.91 Å². The standard InChI is InChI=1S/C15H28N2O/c1-11(2)14-9-16-12(3)10-17(14)15(18)13-7-5-4-6-8-13/h11-14,16H,4-10H2,1-3H3. The van der Waals surface area contributed by atoms with Crippen LogP contribution in [0.25, 0.3) is 0 Å². The molecule has 1 heterocycles. The highest BCUT2D eigenvalue weighted by Crippen LogP contribution is 2.27. The van der Waals surface area contributed by atoms with Gasteiger partial charge in [-0.1, -0.05) is 33.1 Å². The van der Waals surface area contributed by atoms with Crippen LogP contribution in [0.3, 0.4) is 0 Å². The van der Waals surface area contributed by atoms with Crippen molar-refractivity contribution < 1.29 is 4.79 Å². The van der Waals surface area contributed by atoms with Crippen LogP contribution in [-0.4, -0.2) is 36.0 Å². The third-order valence-corrected chi connectivity index (χ3v) is 4.55. The first-order valence-electron chi connectivity index (χ1n) is 7.63. The smallest absolute Gasteiger partial charge is 0.226 e. The molecule has 0 radical (unpaired) electrons. The van der Waals surface area contributed by atoms with E-state index in [0.717, 1.165) is 25.9 Å². The van der Waals surface area contributed by atoms with Crippen molar-refractivity contribution in [3.05, 3.63) is 0 Å². The Morgan fingerprint density at radius 3 is 2.50 bits per heavy atom. The van der Waals surface area contributed by atoms with Crippen molar-refractivity contribution in [1.29, 1.82) is 0 Å². The molecule has 1 saturated heterocycles. The number of carbonyl (C=O) groups is 1. The van der Waals surface area contributed by atoms with Gasteiger partial charge in [-0.25, -0.2) is 0 Å². The van der Waals surface area contributed by atoms with Gasteiger partial charge in [0, 0.05) is 31.1 Å². The molecule has 0 aromatic heterocycles. The molecular weight excluding hydrogens is 224 g/mol. The Morgan fingerprint density at radius 1 is 1.22 bits per heavy atom. The molecule has 0 bridgehead atoms. The summed E-state index contributed by atoms with van der Waals surface area (Å²) < 4.78 is 0. The second-order valence-corrected chi connectivity index (χ2v) is 6.45. The molecule has 1 aliphatic heterocycles. The van der Waals surface area contributed by atoms with Gasteiger partial charge in [0.2, 0.25) is 5.91 Å². The molecule has 0 aromatic carbocycles. The molecule has 3 nitrogen and oxygen atoms in total. The lowest BCUT2D eigenvalue weighted by molar-refractivity contribution is -0.141. The van der Waals surface area contributed by atoms with Crippen LogP contribution in [0.2, 0.25) is 0 Å². The van der Waals surface area contributed by atoms with Crippen LogP contribution < -0.4 is 5.32 Å². The molecule has 104 valence electrons. The summed E-state index contributed by atoms with van der Waals surface area (Å²) in [4.78, 5) is 14.9. The maximum atomic E-state index is 12.7. The van der Waals surface area contributed by atoms with Gasteiger partial charge in [0.25, 0.3) is 0 Å². The first-order chi connectivity index (χ1) is 8.59. The maximum absolute atomic E-state index is 12.7. The lowest BCUT2D eigenvalue weighted by atomic mass is 9.86. The van der Waals surface area contributed by atoms with E-state index in [-0.39, 0.29) is 0 Å². The monoisotopic (exact) mass is 252 g/mol. The number of amides is 1. The summed E-state index contributed by atoms with van der Waals surface area (Å²) >= 11 is 0. The molecule has 3 heteroatoms. The summed E-state index contributed by atoms with van der Waals surface area (Å²) in [5.74, 6) is 1.28. The molecule has 2 atom stereocenters. The third-order valence-electron chi connectivity index (χ3n) is 4.55. The largest absolute Gasteiger partial charge is 0.336 e. The molecule has 18 heavy (non-hydrogen) atoms. The fraction of sp³-hybridized carbons (Fsp3) is 0.933. The highest BCUT2D eigenvalue weighted by atomic mass is 16.2. The summed E-state index contributed by atoms with van der Waals surface area (Å²) in [6, 6.07) is 0.822. The molecule has 1 aliphatic carbocycles. The van der Waals surface area contributed by atoms with Crippen LogP contribution in [0.5, 0.6) is 0 Å². The van der Waals surface area contributed by atoms with E-state index in [1.807, 2.05) is 0 Å². The van der Waals surface area contributed by atoms with Crippen molar-refractivity contribution in [2.75, 3.05) is 13.1 Å². The molecule has 2 unspecified atom stereocenters. The van der Waals surface area contributed by atoms with Crippen LogP contribution >= 0.6 is 0 Å². The summed E-state index contributed by atoms with van der Waals surface area (Å²) in [7, 11) is 0. The first-order valence-corrected chi connectivity index (χ1v) is 7.63. The van der Waals surface area contributed by atoms with Gasteiger partial charge in [-0.3, -0.25) is 4.79 Å². The van der Waals surface area contributed by atoms with Gasteiger partial charge in [0.05, 0.1) is 0 Å². The molecule has 2 fully saturated rings. The van der Waals surface area contributed by atoms with Crippen molar-refractivity contribution in [2.24, 2.45) is 11.8 Å². The SMILES string of the molecule is CC1CN(C(=O)C2CCCCC2)C(C(C)C)CN1. The number of piperazine rings is 1. The van der Waals surface area contributed by atoms with E-state index in [1.165, 1.54) is 19.3 Å². The van der Waals surface area contributed by atoms with E-state index < -0.39 is 0 Å². The van der Waals surface area contributed by atoms with Crippen LogP contribution in [0.4, 0.5) is 0 Å². The molecule has 1 saturated carbocycles. The number of carbonyl (C=O) groups excluding carboxylic acids is 1. The molecule has 2 rings (SSSR count). The summed E-state index contributed by atoms with van der Waals surface area (Å²) in [6.45, 7) is 8.47. The van der Waals surface area contributed by atoms with Crippen LogP contribution in [-0.2, 0) is 4.79 Å². The lowest BCUT2D eigenvalue weighted by Gasteiger charge is -2.43. The van der Waals surface area contributed by atoms with Gasteiger partial charge < -0.3 is 10.2 Å². The van der Waals surface area contributed by atoms with Gasteiger partial charge in [0.1, 0.15) is 0 Å². The maximum Gasteiger partial charge on any atom is 0.226 e. The van der Waals surface area contributed by atoms with Crippen LogP contribution in [0, 0.1) is 11.8 Å². The molecule has 0 aromatic rings. The zero-order chi connectivity index (χ0) is 13.1. The Bertz CT molecular complexity index is 284. The second-order valence-electron chi connectivity index (χ2n) is 6.45. The highest BCUT2D eigenvalue weighted by molar-refractivity contribution is 5.79. The minimum Gasteiger partial charge on any atom is -0.336 e. The van der Waals surface area contributed by atoms with E-state index in [9.17, 15) is 4.79 Å². The number of nitrogens with zero attached hydrogens (tertiary/aromatic N) is 1. The first kappa shape index (κ1) is 13.9. The predicted octanol–water partition coefficient (Wildman–Crippen LogP) is 2.41. The summed E-state index contributed by atoms with van der Waals surface area (Å²) in [5.41, 5.74) is 0. The highest BCUT2D eigenvalue weighted by Gasteiger charge is 2.35. The van der Waals surface area contributed by atoms with Gasteiger partial charge in [-0.2, -0.15) is 0 Å². The van der Waals surface area contributed by atoms with Crippen LogP contribution in [0.1, 0.15) is 52.9 Å². The topological polar surface area (TPSA) is 32.3 Å². The Labute approximate surface area is 111 Å². The predicted molar refractivity (Wildman–Crippen MR) is 74.4 cm³/mol. The zero-order valence-corrected chi connectivity index (χ0v) is 12.1. The number of hydrogen-bond donors (Lipinski definition) is 1. The quantitative estimate of drug-likeness (QED) is 0.818. The number of nitrogens with one attached hydrogen (secondary N) is 1. The Balaban J connectivity index is 2.04. The van der Waals surface area contributed by atoms with E-state index in [2.05, 4.69) is 31.0 Å². The van der Waals surface area contributed by atoms with Gasteiger partial charge >= 0.3 is 0 Å². The molecule has 1 amide bonds. The number of hydrogen-bond acceptors (Lipinski definition) is 2. The molecular formula is C15H28N2O. The van der Waals surface area contributed by atoms with Gasteiger partial charge in [0.15, 0.2) is 0 Å². The van der Waals surface area contributed by atoms with E-state index >= 15 is 0 Å². The average molecular weight is 252 g/mol. The Kier molecular flexibility index (Phi) is 4.66. The fourth-order valence-electron chi connectivity index (χ4n) is 3.36. The van der Waals surface area contributed by atoms with Crippen molar-refractivity contribution in [1.82, 2.24) is 10.2 Å². The van der Waals surface area contributed by atoms with Gasteiger partial charge in [-0.05, 0) is 25.7 Å². The lowest BCUT2D eigenvalue weighted by Crippen LogP contribution is -2.60. The third kappa shape index (κ3) is 3.05. The van der Waals surface area contributed by atoms with Gasteiger partial charge in [-0.15, -0.1) is 0 Å². The van der Waals surface area contributed by atoms with Crippen molar-refractivity contribution in [3.63, 3.8) is 0 Å². The minimum atomic E-state index is 0.310. The summed E-state index contributed by atoms with van der Waals surface area (Å²) in [6.07, 6.45) is 6.02. The van der Waals surface area contributed by atoms with Crippen LogP contribution in [0.15, 0.2) is 0 Å². The number of rotatable bonds is 2. The molecule has 2 aliphatic rings.